The van der Waals surface area contributed by atoms with E-state index in [0.717, 1.165) is 0 Å². The van der Waals surface area contributed by atoms with E-state index in [1.807, 2.05) is 0 Å². The van der Waals surface area contributed by atoms with Crippen LogP contribution in [0.4, 0.5) is 0 Å². The van der Waals surface area contributed by atoms with Crippen LogP contribution in [-0.2, 0) is 0 Å². The van der Waals surface area contributed by atoms with E-state index in [0.29, 0.717) is 11.1 Å². The summed E-state index contributed by atoms with van der Waals surface area (Å²) in [6.07, 6.45) is 0. The number of rotatable bonds is 2. The van der Waals surface area contributed by atoms with Crippen molar-refractivity contribution < 1.29 is 10.2 Å². The lowest BCUT2D eigenvalue weighted by Gasteiger charge is -2.01. The first-order chi connectivity index (χ1) is 5.61. The third-order valence-corrected chi connectivity index (χ3v) is 1.53. The summed E-state index contributed by atoms with van der Waals surface area (Å²) in [5.41, 5.74) is 1.17. The fraction of sp³-hybridized carbons (Fsp3) is 0. The minimum absolute atomic E-state index is 0.0156. The van der Waals surface area contributed by atoms with Crippen molar-refractivity contribution >= 4 is 11.5 Å². The van der Waals surface area contributed by atoms with Gasteiger partial charge in [-0.05, 0) is 6.07 Å². The number of benzene rings is 1. The molecule has 12 heavy (non-hydrogen) atoms. The lowest BCUT2D eigenvalue weighted by Crippen LogP contribution is -1.85. The van der Waals surface area contributed by atoms with Crippen molar-refractivity contribution in [1.82, 2.24) is 0 Å². The van der Waals surface area contributed by atoms with Crippen LogP contribution in [0.15, 0.2) is 37.4 Å². The summed E-state index contributed by atoms with van der Waals surface area (Å²) in [4.78, 5) is 0. The molecule has 2 heteroatoms. The van der Waals surface area contributed by atoms with Gasteiger partial charge in [0.2, 0.25) is 0 Å². The number of hydrogen-bond acceptors (Lipinski definition) is 2. The van der Waals surface area contributed by atoms with E-state index in [1.54, 1.807) is 24.3 Å². The van der Waals surface area contributed by atoms with Crippen molar-refractivity contribution in [2.24, 2.45) is 0 Å². The van der Waals surface area contributed by atoms with E-state index in [-0.39, 0.29) is 11.5 Å². The normalized spacial score (nSPS) is 9.33. The Labute approximate surface area is 71.1 Å². The summed E-state index contributed by atoms with van der Waals surface area (Å²) in [6, 6.07) is 6.74. The SMILES string of the molecule is C=C(O)c1cccc(C(=C)O)c1. The molecule has 0 saturated heterocycles. The molecule has 62 valence electrons. The van der Waals surface area contributed by atoms with Gasteiger partial charge < -0.3 is 10.2 Å². The molecule has 0 amide bonds. The number of hydrogen-bond donors (Lipinski definition) is 2. The van der Waals surface area contributed by atoms with Crippen molar-refractivity contribution in [2.75, 3.05) is 0 Å². The lowest BCUT2D eigenvalue weighted by atomic mass is 10.1. The van der Waals surface area contributed by atoms with Crippen LogP contribution in [0.3, 0.4) is 0 Å². The molecule has 0 aliphatic carbocycles. The molecule has 0 aliphatic rings. The highest BCUT2D eigenvalue weighted by Crippen LogP contribution is 2.15. The van der Waals surface area contributed by atoms with Gasteiger partial charge in [-0.25, -0.2) is 0 Å². The van der Waals surface area contributed by atoms with Crippen LogP contribution in [0.2, 0.25) is 0 Å². The molecule has 0 bridgehead atoms. The summed E-state index contributed by atoms with van der Waals surface area (Å²) < 4.78 is 0. The fourth-order valence-corrected chi connectivity index (χ4v) is 0.878. The molecule has 0 heterocycles. The Morgan fingerprint density at radius 1 is 1.00 bits per heavy atom. The quantitative estimate of drug-likeness (QED) is 0.656. The van der Waals surface area contributed by atoms with Crippen LogP contribution in [0.1, 0.15) is 11.1 Å². The average molecular weight is 162 g/mol. The summed E-state index contributed by atoms with van der Waals surface area (Å²) >= 11 is 0. The van der Waals surface area contributed by atoms with E-state index in [4.69, 9.17) is 10.2 Å². The lowest BCUT2D eigenvalue weighted by molar-refractivity contribution is 0.511. The van der Waals surface area contributed by atoms with Gasteiger partial charge in [-0.3, -0.25) is 0 Å². The average Bonchev–Trinajstić information content (AvgIpc) is 2.04. The third-order valence-electron chi connectivity index (χ3n) is 1.53. The molecular formula is C10H10O2. The fourth-order valence-electron chi connectivity index (χ4n) is 0.878. The highest BCUT2D eigenvalue weighted by molar-refractivity contribution is 5.63. The highest BCUT2D eigenvalue weighted by Gasteiger charge is 1.99. The topological polar surface area (TPSA) is 40.5 Å². The van der Waals surface area contributed by atoms with E-state index >= 15 is 0 Å². The molecule has 0 saturated carbocycles. The van der Waals surface area contributed by atoms with Crippen LogP contribution < -0.4 is 0 Å². The van der Waals surface area contributed by atoms with E-state index in [1.165, 1.54) is 0 Å². The molecule has 0 aliphatic heterocycles. The smallest absolute Gasteiger partial charge is 0.115 e. The van der Waals surface area contributed by atoms with Gasteiger partial charge in [0.25, 0.3) is 0 Å². The van der Waals surface area contributed by atoms with Crippen LogP contribution in [0.5, 0.6) is 0 Å². The highest BCUT2D eigenvalue weighted by atomic mass is 16.3. The molecule has 2 N–H and O–H groups in total. The van der Waals surface area contributed by atoms with Crippen molar-refractivity contribution in [3.63, 3.8) is 0 Å². The Balaban J connectivity index is 3.12. The zero-order chi connectivity index (χ0) is 9.14. The largest absolute Gasteiger partial charge is 0.508 e. The van der Waals surface area contributed by atoms with Gasteiger partial charge >= 0.3 is 0 Å². The predicted molar refractivity (Wildman–Crippen MR) is 49.8 cm³/mol. The van der Waals surface area contributed by atoms with E-state index in [2.05, 4.69) is 13.2 Å². The summed E-state index contributed by atoms with van der Waals surface area (Å²) in [5, 5.41) is 18.0. The maximum absolute atomic E-state index is 9.02. The zero-order valence-electron chi connectivity index (χ0n) is 6.62. The van der Waals surface area contributed by atoms with Crippen LogP contribution in [-0.4, -0.2) is 10.2 Å². The van der Waals surface area contributed by atoms with Gasteiger partial charge in [0.1, 0.15) is 11.5 Å². The molecule has 0 atom stereocenters. The Hall–Kier alpha value is -1.70. The third kappa shape index (κ3) is 1.66. The van der Waals surface area contributed by atoms with Crippen molar-refractivity contribution in [1.29, 1.82) is 0 Å². The maximum atomic E-state index is 9.02. The van der Waals surface area contributed by atoms with Crippen LogP contribution >= 0.6 is 0 Å². The second-order valence-corrected chi connectivity index (χ2v) is 2.47. The van der Waals surface area contributed by atoms with E-state index < -0.39 is 0 Å². The molecule has 1 aromatic rings. The Morgan fingerprint density at radius 3 is 1.75 bits per heavy atom. The molecule has 1 aromatic carbocycles. The van der Waals surface area contributed by atoms with Crippen LogP contribution in [0, 0.1) is 0 Å². The minimum Gasteiger partial charge on any atom is -0.508 e. The molecule has 0 aromatic heterocycles. The monoisotopic (exact) mass is 162 g/mol. The molecule has 2 nitrogen and oxygen atoms in total. The Morgan fingerprint density at radius 2 is 1.42 bits per heavy atom. The molecular weight excluding hydrogens is 152 g/mol. The first kappa shape index (κ1) is 8.40. The number of aliphatic hydroxyl groups excluding tert-OH is 2. The van der Waals surface area contributed by atoms with Gasteiger partial charge in [-0.15, -0.1) is 0 Å². The molecule has 0 spiro atoms. The second kappa shape index (κ2) is 3.13. The zero-order valence-corrected chi connectivity index (χ0v) is 6.62. The van der Waals surface area contributed by atoms with Gasteiger partial charge in [0, 0.05) is 11.1 Å². The van der Waals surface area contributed by atoms with Crippen molar-refractivity contribution in [2.45, 2.75) is 0 Å². The van der Waals surface area contributed by atoms with Gasteiger partial charge in [-0.1, -0.05) is 31.4 Å². The van der Waals surface area contributed by atoms with Gasteiger partial charge in [0.05, 0.1) is 0 Å². The summed E-state index contributed by atoms with van der Waals surface area (Å²) in [6.45, 7) is 6.74. The van der Waals surface area contributed by atoms with E-state index in [9.17, 15) is 0 Å². The first-order valence-electron chi connectivity index (χ1n) is 3.48. The molecule has 0 radical (unpaired) electrons. The minimum atomic E-state index is -0.0156. The first-order valence-corrected chi connectivity index (χ1v) is 3.48. The molecule has 1 rings (SSSR count). The Bertz CT molecular complexity index is 297. The van der Waals surface area contributed by atoms with Gasteiger partial charge in [0.15, 0.2) is 0 Å². The predicted octanol–water partition coefficient (Wildman–Crippen LogP) is 2.74. The maximum Gasteiger partial charge on any atom is 0.115 e. The van der Waals surface area contributed by atoms with Crippen molar-refractivity contribution in [3.05, 3.63) is 48.6 Å². The number of aliphatic hydroxyl groups is 2. The summed E-state index contributed by atoms with van der Waals surface area (Å²) in [5.74, 6) is -0.0313. The molecule has 0 fully saturated rings. The van der Waals surface area contributed by atoms with Crippen LogP contribution in [0.25, 0.3) is 11.5 Å². The molecule has 0 unspecified atom stereocenters. The Kier molecular flexibility index (Phi) is 2.19. The second-order valence-electron chi connectivity index (χ2n) is 2.47. The summed E-state index contributed by atoms with van der Waals surface area (Å²) in [7, 11) is 0. The van der Waals surface area contributed by atoms with Crippen molar-refractivity contribution in [3.8, 4) is 0 Å². The van der Waals surface area contributed by atoms with Gasteiger partial charge in [-0.2, -0.15) is 0 Å². The standard InChI is InChI=1S/C10H10O2/c1-7(11)9-4-3-5-10(6-9)8(2)12/h3-6,11-12H,1-2H2.